The largest absolute Gasteiger partial charge is 0.633 e. The van der Waals surface area contributed by atoms with Gasteiger partial charge in [0.15, 0.2) is 11.4 Å². The molecule has 2 aromatic carbocycles. The van der Waals surface area contributed by atoms with Crippen molar-refractivity contribution in [3.05, 3.63) is 63.2 Å². The van der Waals surface area contributed by atoms with Crippen molar-refractivity contribution in [2.45, 2.75) is 118 Å². The third kappa shape index (κ3) is 9.78. The summed E-state index contributed by atoms with van der Waals surface area (Å²) in [6.45, 7) is 16.4. The summed E-state index contributed by atoms with van der Waals surface area (Å²) < 4.78 is 16.6. The number of esters is 1. The van der Waals surface area contributed by atoms with E-state index in [0.29, 0.717) is 6.54 Å². The smallest absolute Gasteiger partial charge is 0.302 e. The molecular formula is C46H64N4O13. The van der Waals surface area contributed by atoms with E-state index in [1.54, 1.807) is 39.8 Å². The Morgan fingerprint density at radius 1 is 0.952 bits per heavy atom. The number of carbonyl (C=O) groups is 3. The molecule has 0 aliphatic carbocycles. The van der Waals surface area contributed by atoms with Crippen LogP contribution >= 0.6 is 0 Å². The highest BCUT2D eigenvalue weighted by atomic mass is 16.6. The van der Waals surface area contributed by atoms with E-state index in [4.69, 9.17) is 24.2 Å². The number of nitrogens with zero attached hydrogens (tertiary/aromatic N) is 3. The second kappa shape index (κ2) is 18.7. The number of amides is 1. The fourth-order valence-corrected chi connectivity index (χ4v) is 9.07. The molecule has 1 fully saturated rings. The number of ketones is 1. The number of ether oxygens (including phenoxy) is 3. The summed E-state index contributed by atoms with van der Waals surface area (Å²) in [7, 11) is 1.38. The maximum Gasteiger partial charge on any atom is 0.302 e. The van der Waals surface area contributed by atoms with Crippen LogP contribution in [0, 0.1) is 41.7 Å². The number of hydroxylamine groups is 3. The molecule has 17 nitrogen and oxygen atoms in total. The number of anilines is 1. The van der Waals surface area contributed by atoms with Crippen molar-refractivity contribution < 1.29 is 63.9 Å². The third-order valence-corrected chi connectivity index (χ3v) is 12.9. The van der Waals surface area contributed by atoms with Crippen LogP contribution in [0.5, 0.6) is 17.2 Å². The van der Waals surface area contributed by atoms with Gasteiger partial charge in [-0.15, -0.1) is 0 Å². The topological polar surface area (TPSA) is 260 Å². The van der Waals surface area contributed by atoms with Crippen LogP contribution in [0.2, 0.25) is 0 Å². The second-order valence-corrected chi connectivity index (χ2v) is 18.3. The number of phenols is 3. The molecule has 0 aromatic heterocycles. The summed E-state index contributed by atoms with van der Waals surface area (Å²) in [5.41, 5.74) is -2.20. The summed E-state index contributed by atoms with van der Waals surface area (Å²) in [6, 6.07) is 0. The number of carbonyl (C=O) groups excluding carboxylic acids is 3. The summed E-state index contributed by atoms with van der Waals surface area (Å²) in [5.74, 6) is -9.92. The molecule has 7 N–H and O–H groups in total. The number of benzene rings is 2. The van der Waals surface area contributed by atoms with Crippen molar-refractivity contribution in [2.75, 3.05) is 32.1 Å². The fraction of sp³-hybridized carbons (Fsp3) is 0.587. The fourth-order valence-electron chi connectivity index (χ4n) is 9.07. The SMILES string of the molecule is CO[C@H]1C=CO[C@@](C)(O)C(=O)c2c(O)c(C)c(O)c3c(O)c(c4c(c23)=NC2(CC[N+]([O-])(CC(C)C)CC2)N=4)NC(=O)C(C)=CC=C[C@H](C)[C@H](O)[C@@H](C)[C@@H](O)[C@@H](C)[C@H](OC(C)=O)[C@@H]1C. The number of hydrogen-bond acceptors (Lipinski definition) is 15. The number of aliphatic hydroxyl groups is 3. The van der Waals surface area contributed by atoms with Gasteiger partial charge in [0.05, 0.1) is 60.5 Å². The molecule has 1 spiro atoms. The highest BCUT2D eigenvalue weighted by Crippen LogP contribution is 2.46. The number of aromatic hydroxyl groups is 3. The zero-order chi connectivity index (χ0) is 47.1. The van der Waals surface area contributed by atoms with Crippen molar-refractivity contribution in [3.8, 4) is 17.2 Å². The van der Waals surface area contributed by atoms with Gasteiger partial charge in [-0.2, -0.15) is 0 Å². The van der Waals surface area contributed by atoms with E-state index in [9.17, 15) is 50.2 Å². The zero-order valence-corrected chi connectivity index (χ0v) is 38.0. The maximum atomic E-state index is 14.6. The first-order chi connectivity index (χ1) is 29.3. The maximum absolute atomic E-state index is 14.6. The monoisotopic (exact) mass is 880 g/mol. The highest BCUT2D eigenvalue weighted by Gasteiger charge is 2.45. The van der Waals surface area contributed by atoms with Gasteiger partial charge in [0.1, 0.15) is 28.6 Å². The molecule has 0 radical (unpaired) electrons. The average Bonchev–Trinajstić information content (AvgIpc) is 3.60. The van der Waals surface area contributed by atoms with Crippen LogP contribution in [0.1, 0.15) is 91.1 Å². The number of Topliss-reactive ketones (excluding diaryl/α,β-unsaturated/α-hetero) is 1. The number of aliphatic hydroxyl groups excluding tert-OH is 2. The lowest BCUT2D eigenvalue weighted by Crippen LogP contribution is -2.54. The van der Waals surface area contributed by atoms with Crippen LogP contribution in [0.3, 0.4) is 0 Å². The third-order valence-electron chi connectivity index (χ3n) is 12.9. The Morgan fingerprint density at radius 2 is 1.57 bits per heavy atom. The Hall–Kier alpha value is -4.91. The van der Waals surface area contributed by atoms with Gasteiger partial charge >= 0.3 is 5.97 Å². The van der Waals surface area contributed by atoms with Gasteiger partial charge in [-0.1, -0.05) is 59.8 Å². The molecule has 3 aliphatic heterocycles. The van der Waals surface area contributed by atoms with Crippen LogP contribution < -0.4 is 16.0 Å². The Balaban J connectivity index is 1.76. The Kier molecular flexibility index (Phi) is 14.6. The summed E-state index contributed by atoms with van der Waals surface area (Å²) in [4.78, 5) is 50.8. The first-order valence-electron chi connectivity index (χ1n) is 21.4. The van der Waals surface area contributed by atoms with Crippen LogP contribution in [0.15, 0.2) is 46.1 Å². The van der Waals surface area contributed by atoms with Crippen molar-refractivity contribution in [1.82, 2.24) is 0 Å². The van der Waals surface area contributed by atoms with E-state index in [-0.39, 0.29) is 70.2 Å². The van der Waals surface area contributed by atoms with Gasteiger partial charge in [0.2, 0.25) is 5.78 Å². The normalized spacial score (nSPS) is 33.4. The first kappa shape index (κ1) is 49.1. The van der Waals surface area contributed by atoms with Crippen LogP contribution in [0.25, 0.3) is 10.8 Å². The van der Waals surface area contributed by atoms with Gasteiger partial charge in [-0.3, -0.25) is 24.4 Å². The van der Waals surface area contributed by atoms with Gasteiger partial charge in [0, 0.05) is 79.9 Å². The molecule has 3 aliphatic rings. The van der Waals surface area contributed by atoms with E-state index in [2.05, 4.69) is 5.32 Å². The molecule has 2 bridgehead atoms. The van der Waals surface area contributed by atoms with Gasteiger partial charge in [0.25, 0.3) is 11.7 Å². The average molecular weight is 881 g/mol. The molecule has 2 aromatic rings. The van der Waals surface area contributed by atoms with Crippen molar-refractivity contribution in [2.24, 2.45) is 39.6 Å². The molecule has 1 saturated heterocycles. The Labute approximate surface area is 367 Å². The molecule has 1 amide bonds. The summed E-state index contributed by atoms with van der Waals surface area (Å²) in [6.07, 6.45) is 3.28. The minimum Gasteiger partial charge on any atom is -0.633 e. The molecule has 5 rings (SSSR count). The van der Waals surface area contributed by atoms with Crippen molar-refractivity contribution >= 4 is 34.1 Å². The number of phenolic OH excluding ortho intramolecular Hbond substituents is 3. The van der Waals surface area contributed by atoms with Gasteiger partial charge in [-0.05, 0) is 19.9 Å². The first-order valence-corrected chi connectivity index (χ1v) is 21.4. The van der Waals surface area contributed by atoms with Crippen LogP contribution in [-0.4, -0.2) is 116 Å². The lowest BCUT2D eigenvalue weighted by molar-refractivity contribution is -0.889. The lowest BCUT2D eigenvalue weighted by atomic mass is 9.78. The minimum atomic E-state index is -2.74. The molecule has 0 saturated carbocycles. The summed E-state index contributed by atoms with van der Waals surface area (Å²) >= 11 is 0. The van der Waals surface area contributed by atoms with E-state index in [0.717, 1.165) is 13.2 Å². The van der Waals surface area contributed by atoms with E-state index < -0.39 is 105 Å². The van der Waals surface area contributed by atoms with E-state index >= 15 is 0 Å². The number of methoxy groups -OCH3 is 1. The lowest BCUT2D eigenvalue weighted by Gasteiger charge is -2.49. The summed E-state index contributed by atoms with van der Waals surface area (Å²) in [5, 5.41) is 85.5. The number of nitrogens with one attached hydrogen (secondary N) is 1. The molecule has 3 heterocycles. The number of allylic oxidation sites excluding steroid dienone is 2. The predicted molar refractivity (Wildman–Crippen MR) is 233 cm³/mol. The van der Waals surface area contributed by atoms with Crippen LogP contribution in [-0.2, 0) is 23.8 Å². The molecule has 346 valence electrons. The predicted octanol–water partition coefficient (Wildman–Crippen LogP) is 4.07. The minimum absolute atomic E-state index is 0.0733. The molecular weight excluding hydrogens is 817 g/mol. The molecule has 17 heteroatoms. The second-order valence-electron chi connectivity index (χ2n) is 18.3. The number of rotatable bonds is 4. The van der Waals surface area contributed by atoms with Crippen molar-refractivity contribution in [1.29, 1.82) is 0 Å². The number of likely N-dealkylation sites (tertiary alicyclic amines) is 1. The zero-order valence-electron chi connectivity index (χ0n) is 38.0. The van der Waals surface area contributed by atoms with Crippen LogP contribution in [0.4, 0.5) is 5.69 Å². The number of hydrogen-bond donors (Lipinski definition) is 7. The Bertz CT molecular complexity index is 2330. The van der Waals surface area contributed by atoms with Gasteiger partial charge in [-0.25, -0.2) is 0 Å². The highest BCUT2D eigenvalue weighted by molar-refractivity contribution is 6.17. The van der Waals surface area contributed by atoms with Gasteiger partial charge < -0.3 is 60.0 Å². The molecule has 63 heavy (non-hydrogen) atoms. The molecule has 0 unspecified atom stereocenters. The molecule has 9 atom stereocenters. The number of piperidine rings is 1. The Morgan fingerprint density at radius 3 is 2.16 bits per heavy atom. The number of quaternary nitrogens is 1. The van der Waals surface area contributed by atoms with E-state index in [1.807, 2.05) is 13.8 Å². The quantitative estimate of drug-likeness (QED) is 0.0991. The van der Waals surface area contributed by atoms with E-state index in [1.165, 1.54) is 40.0 Å². The standard InChI is InChI=1S/C46H64N4O13/c1-22(2)21-50(60)18-16-46(17-19-50)48-34-31-32-39(54)27(7)40(55)33(31)43(57)45(10,59)62-20-15-30(61-11)25(5)42(63-29(9)51)28(8)38(53)26(6)37(52)23(3)13-12-14-24(4)44(58)47-36(41(32)56)35(34)49-46/h12-15,20,22-23,25-26,28,30,37-38,42,52-56,59H,16-19,21H2,1-11H3,(H,47,58)/t23-,25+,26+,28+,30-,37-,38+,42+,45+,46?,50?/m0/s1. The van der Waals surface area contributed by atoms with Crippen molar-refractivity contribution in [3.63, 3.8) is 0 Å².